The van der Waals surface area contributed by atoms with Crippen LogP contribution < -0.4 is 10.2 Å². The van der Waals surface area contributed by atoms with E-state index in [-0.39, 0.29) is 5.43 Å². The van der Waals surface area contributed by atoms with Gasteiger partial charge in [0.25, 0.3) is 0 Å². The van der Waals surface area contributed by atoms with E-state index in [1.54, 1.807) is 0 Å². The van der Waals surface area contributed by atoms with Gasteiger partial charge in [-0.05, 0) is 37.5 Å². The van der Waals surface area contributed by atoms with E-state index in [1.807, 2.05) is 49.4 Å². The molecule has 5 rings (SSSR count). The third kappa shape index (κ3) is 2.36. The zero-order valence-corrected chi connectivity index (χ0v) is 14.1. The van der Waals surface area contributed by atoms with Gasteiger partial charge in [0.05, 0.1) is 16.5 Å². The van der Waals surface area contributed by atoms with E-state index in [1.165, 1.54) is 12.8 Å². The van der Waals surface area contributed by atoms with Gasteiger partial charge in [0.15, 0.2) is 0 Å². The van der Waals surface area contributed by atoms with Crippen LogP contribution in [-0.2, 0) is 6.54 Å². The smallest absolute Gasteiger partial charge is 0.200 e. The van der Waals surface area contributed by atoms with Gasteiger partial charge in [-0.15, -0.1) is 0 Å². The molecule has 1 aromatic heterocycles. The Morgan fingerprint density at radius 1 is 1.08 bits per heavy atom. The molecule has 0 unspecified atom stereocenters. The van der Waals surface area contributed by atoms with Crippen LogP contribution in [0.1, 0.15) is 24.2 Å². The van der Waals surface area contributed by atoms with Crippen molar-refractivity contribution in [3.05, 3.63) is 64.0 Å². The minimum absolute atomic E-state index is 0.0243. The van der Waals surface area contributed by atoms with Crippen LogP contribution in [0.4, 0.5) is 0 Å². The number of aryl methyl sites for hydroxylation is 1. The van der Waals surface area contributed by atoms with Crippen LogP contribution in [0.2, 0.25) is 0 Å². The molecule has 0 amide bonds. The predicted molar refractivity (Wildman–Crippen MR) is 96.7 cm³/mol. The van der Waals surface area contributed by atoms with E-state index in [0.717, 1.165) is 23.4 Å². The first-order valence-electron chi connectivity index (χ1n) is 8.74. The maximum absolute atomic E-state index is 13.1. The summed E-state index contributed by atoms with van der Waals surface area (Å²) in [6.07, 6.45) is 2.45. The summed E-state index contributed by atoms with van der Waals surface area (Å²) in [5, 5.41) is 0.629. The van der Waals surface area contributed by atoms with Crippen molar-refractivity contribution >= 4 is 11.0 Å². The zero-order valence-electron chi connectivity index (χ0n) is 14.1. The highest BCUT2D eigenvalue weighted by Crippen LogP contribution is 2.37. The highest BCUT2D eigenvalue weighted by molar-refractivity contribution is 5.86. The molecule has 126 valence electrons. The molecule has 2 heterocycles. The molecule has 4 heteroatoms. The molecular formula is C21H19NO3. The van der Waals surface area contributed by atoms with Crippen molar-refractivity contribution in [1.29, 1.82) is 0 Å². The third-order valence-electron chi connectivity index (χ3n) is 5.17. The lowest BCUT2D eigenvalue weighted by Crippen LogP contribution is -2.34. The number of benzene rings is 2. The lowest BCUT2D eigenvalue weighted by atomic mass is 10.0. The molecule has 2 aromatic carbocycles. The molecule has 0 spiro atoms. The van der Waals surface area contributed by atoms with E-state index in [9.17, 15) is 4.79 Å². The van der Waals surface area contributed by atoms with Crippen LogP contribution in [0, 0.1) is 6.92 Å². The number of fused-ring (bicyclic) bond motifs is 3. The van der Waals surface area contributed by atoms with Gasteiger partial charge in [0.2, 0.25) is 5.43 Å². The summed E-state index contributed by atoms with van der Waals surface area (Å²) in [7, 11) is 0. The van der Waals surface area contributed by atoms with Gasteiger partial charge in [-0.25, -0.2) is 0 Å². The SMILES string of the molecule is Cc1oc2c3c(ccc2c(=O)c1-c1ccccc1)OCN(C1CC1)C3. The van der Waals surface area contributed by atoms with Crippen LogP contribution in [0.3, 0.4) is 0 Å². The van der Waals surface area contributed by atoms with Gasteiger partial charge in [-0.3, -0.25) is 9.69 Å². The second-order valence-corrected chi connectivity index (χ2v) is 6.90. The lowest BCUT2D eigenvalue weighted by molar-refractivity contribution is 0.0885. The number of ether oxygens (including phenoxy) is 1. The Labute approximate surface area is 145 Å². The summed E-state index contributed by atoms with van der Waals surface area (Å²) < 4.78 is 12.1. The van der Waals surface area contributed by atoms with Crippen LogP contribution in [0.5, 0.6) is 5.75 Å². The van der Waals surface area contributed by atoms with E-state index in [0.29, 0.717) is 35.1 Å². The molecule has 3 aromatic rings. The molecule has 1 saturated carbocycles. The molecule has 0 radical (unpaired) electrons. The first-order chi connectivity index (χ1) is 12.2. The summed E-state index contributed by atoms with van der Waals surface area (Å²) in [6.45, 7) is 3.27. The Morgan fingerprint density at radius 2 is 1.88 bits per heavy atom. The van der Waals surface area contributed by atoms with E-state index < -0.39 is 0 Å². The van der Waals surface area contributed by atoms with Gasteiger partial charge in [-0.1, -0.05) is 30.3 Å². The molecule has 0 atom stereocenters. The highest BCUT2D eigenvalue weighted by atomic mass is 16.5. The quantitative estimate of drug-likeness (QED) is 0.709. The summed E-state index contributed by atoms with van der Waals surface area (Å²) in [5.74, 6) is 1.49. The first-order valence-corrected chi connectivity index (χ1v) is 8.74. The topological polar surface area (TPSA) is 42.7 Å². The maximum atomic E-state index is 13.1. The largest absolute Gasteiger partial charge is 0.478 e. The average molecular weight is 333 g/mol. The van der Waals surface area contributed by atoms with Crippen LogP contribution in [-0.4, -0.2) is 17.7 Å². The van der Waals surface area contributed by atoms with Crippen molar-refractivity contribution in [3.8, 4) is 16.9 Å². The molecule has 25 heavy (non-hydrogen) atoms. The molecule has 0 bridgehead atoms. The monoisotopic (exact) mass is 333 g/mol. The van der Waals surface area contributed by atoms with Gasteiger partial charge in [-0.2, -0.15) is 0 Å². The van der Waals surface area contributed by atoms with E-state index in [2.05, 4.69) is 4.90 Å². The maximum Gasteiger partial charge on any atom is 0.200 e. The summed E-state index contributed by atoms with van der Waals surface area (Å²) in [6, 6.07) is 14.1. The van der Waals surface area contributed by atoms with Crippen molar-refractivity contribution in [2.24, 2.45) is 0 Å². The molecule has 1 aliphatic heterocycles. The second kappa shape index (κ2) is 5.46. The summed E-state index contributed by atoms with van der Waals surface area (Å²) in [4.78, 5) is 15.5. The number of nitrogens with zero attached hydrogens (tertiary/aromatic N) is 1. The van der Waals surface area contributed by atoms with Crippen LogP contribution in [0.25, 0.3) is 22.1 Å². The predicted octanol–water partition coefficient (Wildman–Crippen LogP) is 4.08. The van der Waals surface area contributed by atoms with Crippen LogP contribution >= 0.6 is 0 Å². The molecule has 4 nitrogen and oxygen atoms in total. The Hall–Kier alpha value is -2.59. The summed E-state index contributed by atoms with van der Waals surface area (Å²) in [5.41, 5.74) is 3.23. The zero-order chi connectivity index (χ0) is 17.0. The summed E-state index contributed by atoms with van der Waals surface area (Å²) >= 11 is 0. The first kappa shape index (κ1) is 14.7. The minimum Gasteiger partial charge on any atom is -0.478 e. The lowest BCUT2D eigenvalue weighted by Gasteiger charge is -2.29. The number of hydrogen-bond donors (Lipinski definition) is 0. The van der Waals surface area contributed by atoms with Gasteiger partial charge in [0, 0.05) is 12.6 Å². The van der Waals surface area contributed by atoms with Gasteiger partial charge in [0.1, 0.15) is 23.8 Å². The molecule has 2 aliphatic rings. The van der Waals surface area contributed by atoms with Gasteiger partial charge >= 0.3 is 0 Å². The fourth-order valence-electron chi connectivity index (χ4n) is 3.70. The third-order valence-corrected chi connectivity index (χ3v) is 5.17. The van der Waals surface area contributed by atoms with Crippen molar-refractivity contribution in [1.82, 2.24) is 4.90 Å². The Morgan fingerprint density at radius 3 is 2.64 bits per heavy atom. The molecular weight excluding hydrogens is 314 g/mol. The molecule has 0 saturated heterocycles. The Balaban J connectivity index is 1.72. The van der Waals surface area contributed by atoms with Crippen molar-refractivity contribution < 1.29 is 9.15 Å². The fraction of sp³-hybridized carbons (Fsp3) is 0.286. The minimum atomic E-state index is 0.0243. The second-order valence-electron chi connectivity index (χ2n) is 6.90. The van der Waals surface area contributed by atoms with Crippen molar-refractivity contribution in [3.63, 3.8) is 0 Å². The van der Waals surface area contributed by atoms with Crippen molar-refractivity contribution in [2.45, 2.75) is 32.4 Å². The van der Waals surface area contributed by atoms with E-state index >= 15 is 0 Å². The van der Waals surface area contributed by atoms with Crippen molar-refractivity contribution in [2.75, 3.05) is 6.73 Å². The standard InChI is InChI=1S/C21H19NO3/c1-13-19(14-5-3-2-4-6-14)20(23)16-9-10-18-17(21(16)25-13)11-22(12-24-18)15-7-8-15/h2-6,9-10,15H,7-8,11-12H2,1H3. The highest BCUT2D eigenvalue weighted by Gasteiger charge is 2.33. The number of rotatable bonds is 2. The molecule has 0 N–H and O–H groups in total. The average Bonchev–Trinajstić information content (AvgIpc) is 3.47. The molecule has 1 aliphatic carbocycles. The Kier molecular flexibility index (Phi) is 3.22. The number of hydrogen-bond acceptors (Lipinski definition) is 4. The Bertz CT molecular complexity index is 1020. The van der Waals surface area contributed by atoms with Gasteiger partial charge < -0.3 is 9.15 Å². The van der Waals surface area contributed by atoms with E-state index in [4.69, 9.17) is 9.15 Å². The fourth-order valence-corrected chi connectivity index (χ4v) is 3.70. The molecule has 1 fully saturated rings. The normalized spacial score (nSPS) is 17.3. The van der Waals surface area contributed by atoms with Crippen LogP contribution in [0.15, 0.2) is 51.7 Å².